The van der Waals surface area contributed by atoms with E-state index in [-0.39, 0.29) is 29.6 Å². The lowest BCUT2D eigenvalue weighted by molar-refractivity contribution is -0.384. The van der Waals surface area contributed by atoms with Crippen LogP contribution in [0, 0.1) is 10.1 Å². The standard InChI is InChI=1S/C41H46N4O6S/c1-40(2,3)51-38(46)42-34-23-24-43(26-34)27-36-25-37(28-44(36)39(47)50-29-30-19-21-35(22-20-30)45(48)49)52-41(31-13-7-4-8-14-31,32-15-9-5-10-16-32)33-17-11-6-12-18-33/h4-22,34,36-37H,23-29H2,1-3H3,(H,42,46)/t34-,36-,37-/m0/s1. The smallest absolute Gasteiger partial charge is 0.410 e. The van der Waals surface area contributed by atoms with Crippen molar-refractivity contribution in [2.45, 2.75) is 67.9 Å². The molecule has 2 saturated heterocycles. The van der Waals surface area contributed by atoms with E-state index in [1.165, 1.54) is 12.1 Å². The SMILES string of the molecule is CC(C)(C)OC(=O)N[C@H]1CCN(C[C@@H]2C[C@H](SC(c3ccccc3)(c3ccccc3)c3ccccc3)CN2C(=O)OCc2ccc([N+](=O)[O-])cc2)C1. The molecule has 2 aliphatic heterocycles. The number of ether oxygens (including phenoxy) is 2. The van der Waals surface area contributed by atoms with Gasteiger partial charge in [0, 0.05) is 55.6 Å². The van der Waals surface area contributed by atoms with Gasteiger partial charge in [-0.15, -0.1) is 11.8 Å². The molecule has 0 saturated carbocycles. The third kappa shape index (κ3) is 8.94. The first-order chi connectivity index (χ1) is 25.0. The maximum absolute atomic E-state index is 13.9. The topological polar surface area (TPSA) is 114 Å². The Kier molecular flexibility index (Phi) is 11.5. The number of carbonyl (C=O) groups excluding carboxylic acids is 2. The van der Waals surface area contributed by atoms with Crippen LogP contribution in [0.1, 0.15) is 55.9 Å². The minimum atomic E-state index is -0.581. The minimum Gasteiger partial charge on any atom is -0.445 e. The molecule has 2 heterocycles. The van der Waals surface area contributed by atoms with Gasteiger partial charge >= 0.3 is 12.2 Å². The molecule has 2 aliphatic rings. The summed E-state index contributed by atoms with van der Waals surface area (Å²) in [5.41, 5.74) is 3.55. The van der Waals surface area contributed by atoms with Crippen molar-refractivity contribution in [3.63, 3.8) is 0 Å². The first kappa shape index (κ1) is 36.9. The fourth-order valence-electron chi connectivity index (χ4n) is 7.16. The second-order valence-corrected chi connectivity index (χ2v) is 15.9. The van der Waals surface area contributed by atoms with Gasteiger partial charge in [-0.05, 0) is 68.0 Å². The summed E-state index contributed by atoms with van der Waals surface area (Å²) in [6.07, 6.45) is 0.686. The molecule has 0 bridgehead atoms. The zero-order chi connectivity index (χ0) is 36.7. The van der Waals surface area contributed by atoms with Crippen LogP contribution in [0.15, 0.2) is 115 Å². The summed E-state index contributed by atoms with van der Waals surface area (Å²) in [6, 6.07) is 37.5. The van der Waals surface area contributed by atoms with Crippen molar-refractivity contribution in [2.24, 2.45) is 0 Å². The summed E-state index contributed by atoms with van der Waals surface area (Å²) in [5.74, 6) is 0. The van der Waals surface area contributed by atoms with Crippen LogP contribution < -0.4 is 5.32 Å². The third-order valence-electron chi connectivity index (χ3n) is 9.47. The van der Waals surface area contributed by atoms with Crippen molar-refractivity contribution >= 4 is 29.6 Å². The van der Waals surface area contributed by atoms with Crippen molar-refractivity contribution < 1.29 is 24.0 Å². The summed E-state index contributed by atoms with van der Waals surface area (Å²) in [4.78, 5) is 41.3. The highest BCUT2D eigenvalue weighted by molar-refractivity contribution is 8.01. The quantitative estimate of drug-likeness (QED) is 0.0942. The van der Waals surface area contributed by atoms with E-state index >= 15 is 0 Å². The Morgan fingerprint density at radius 1 is 0.846 bits per heavy atom. The zero-order valence-electron chi connectivity index (χ0n) is 29.9. The third-order valence-corrected chi connectivity index (χ3v) is 11.2. The summed E-state index contributed by atoms with van der Waals surface area (Å²) < 4.78 is 10.8. The Hall–Kier alpha value is -4.87. The molecule has 4 aromatic rings. The van der Waals surface area contributed by atoms with E-state index in [4.69, 9.17) is 9.47 Å². The molecular weight excluding hydrogens is 677 g/mol. The van der Waals surface area contributed by atoms with Gasteiger partial charge in [0.05, 0.1) is 9.67 Å². The number of likely N-dealkylation sites (tertiary alicyclic amines) is 2. The predicted molar refractivity (Wildman–Crippen MR) is 203 cm³/mol. The fourth-order valence-corrected chi connectivity index (χ4v) is 9.03. The number of carbonyl (C=O) groups is 2. The van der Waals surface area contributed by atoms with Crippen molar-refractivity contribution in [2.75, 3.05) is 26.2 Å². The molecule has 3 atom stereocenters. The number of nitro groups is 1. The largest absolute Gasteiger partial charge is 0.445 e. The maximum Gasteiger partial charge on any atom is 0.410 e. The number of amides is 2. The van der Waals surface area contributed by atoms with Crippen molar-refractivity contribution in [3.8, 4) is 0 Å². The average Bonchev–Trinajstić information content (AvgIpc) is 3.76. The van der Waals surface area contributed by atoms with Gasteiger partial charge in [-0.3, -0.25) is 15.0 Å². The first-order valence-corrected chi connectivity index (χ1v) is 18.6. The molecule has 0 aromatic heterocycles. The van der Waals surface area contributed by atoms with Gasteiger partial charge in [-0.25, -0.2) is 9.59 Å². The highest BCUT2D eigenvalue weighted by Gasteiger charge is 2.45. The highest BCUT2D eigenvalue weighted by Crippen LogP contribution is 2.52. The fraction of sp³-hybridized carbons (Fsp3) is 0.366. The Bertz CT molecular complexity index is 1710. The molecule has 10 nitrogen and oxygen atoms in total. The number of rotatable bonds is 11. The molecule has 1 N–H and O–H groups in total. The Labute approximate surface area is 309 Å². The number of hydrogen-bond acceptors (Lipinski definition) is 8. The lowest BCUT2D eigenvalue weighted by Gasteiger charge is -2.37. The van der Waals surface area contributed by atoms with Gasteiger partial charge in [0.25, 0.3) is 5.69 Å². The lowest BCUT2D eigenvalue weighted by Crippen LogP contribution is -2.44. The van der Waals surface area contributed by atoms with E-state index < -0.39 is 27.5 Å². The van der Waals surface area contributed by atoms with E-state index in [2.05, 4.69) is 83.0 Å². The Balaban J connectivity index is 1.25. The Morgan fingerprint density at radius 3 is 1.92 bits per heavy atom. The van der Waals surface area contributed by atoms with Crippen molar-refractivity contribution in [3.05, 3.63) is 148 Å². The molecule has 4 aromatic carbocycles. The number of non-ortho nitro benzene ring substituents is 1. The molecule has 0 unspecified atom stereocenters. The normalized spacial score (nSPS) is 19.3. The molecular formula is C41H46N4O6S. The molecule has 2 fully saturated rings. The molecule has 0 spiro atoms. The molecule has 0 radical (unpaired) electrons. The number of alkyl carbamates (subject to hydrolysis) is 1. The lowest BCUT2D eigenvalue weighted by atomic mass is 9.84. The summed E-state index contributed by atoms with van der Waals surface area (Å²) in [5, 5.41) is 14.2. The molecule has 11 heteroatoms. The van der Waals surface area contributed by atoms with Crippen LogP contribution in [0.5, 0.6) is 0 Å². The minimum absolute atomic E-state index is 0.00539. The molecule has 0 aliphatic carbocycles. The summed E-state index contributed by atoms with van der Waals surface area (Å²) in [7, 11) is 0. The van der Waals surface area contributed by atoms with Gasteiger partial charge < -0.3 is 19.7 Å². The Morgan fingerprint density at radius 2 is 1.40 bits per heavy atom. The van der Waals surface area contributed by atoms with Gasteiger partial charge in [-0.1, -0.05) is 91.0 Å². The summed E-state index contributed by atoms with van der Waals surface area (Å²) in [6.45, 7) is 8.09. The monoisotopic (exact) mass is 722 g/mol. The van der Waals surface area contributed by atoms with Gasteiger partial charge in [-0.2, -0.15) is 0 Å². The number of benzene rings is 4. The van der Waals surface area contributed by atoms with E-state index in [9.17, 15) is 19.7 Å². The summed E-state index contributed by atoms with van der Waals surface area (Å²) >= 11 is 1.87. The van der Waals surface area contributed by atoms with Gasteiger partial charge in [0.15, 0.2) is 0 Å². The van der Waals surface area contributed by atoms with Crippen LogP contribution in [0.2, 0.25) is 0 Å². The zero-order valence-corrected chi connectivity index (χ0v) is 30.7. The van der Waals surface area contributed by atoms with E-state index in [0.717, 1.165) is 36.1 Å². The number of nitro benzene ring substituents is 1. The number of nitrogens with one attached hydrogen (secondary N) is 1. The molecule has 2 amide bonds. The van der Waals surface area contributed by atoms with Crippen LogP contribution >= 0.6 is 11.8 Å². The second kappa shape index (κ2) is 16.2. The van der Waals surface area contributed by atoms with Crippen LogP contribution in [0.25, 0.3) is 0 Å². The molecule has 52 heavy (non-hydrogen) atoms. The number of hydrogen-bond donors (Lipinski definition) is 1. The predicted octanol–water partition coefficient (Wildman–Crippen LogP) is 8.00. The van der Waals surface area contributed by atoms with Crippen LogP contribution in [0.3, 0.4) is 0 Å². The number of nitrogens with zero attached hydrogens (tertiary/aromatic N) is 3. The van der Waals surface area contributed by atoms with Crippen LogP contribution in [-0.2, 0) is 20.8 Å². The van der Waals surface area contributed by atoms with E-state index in [1.807, 2.05) is 55.6 Å². The van der Waals surface area contributed by atoms with Crippen molar-refractivity contribution in [1.29, 1.82) is 0 Å². The van der Waals surface area contributed by atoms with Crippen LogP contribution in [0.4, 0.5) is 15.3 Å². The maximum atomic E-state index is 13.9. The average molecular weight is 723 g/mol. The van der Waals surface area contributed by atoms with Crippen molar-refractivity contribution in [1.82, 2.24) is 15.1 Å². The first-order valence-electron chi connectivity index (χ1n) is 17.7. The number of thioether (sulfide) groups is 1. The van der Waals surface area contributed by atoms with E-state index in [0.29, 0.717) is 25.2 Å². The van der Waals surface area contributed by atoms with E-state index in [1.54, 1.807) is 12.1 Å². The van der Waals surface area contributed by atoms with Gasteiger partial charge in [0.1, 0.15) is 12.2 Å². The second-order valence-electron chi connectivity index (χ2n) is 14.4. The molecule has 272 valence electrons. The molecule has 6 rings (SSSR count). The van der Waals surface area contributed by atoms with Crippen LogP contribution in [-0.4, -0.2) is 76.0 Å². The van der Waals surface area contributed by atoms with Gasteiger partial charge in [0.2, 0.25) is 0 Å². The highest BCUT2D eigenvalue weighted by atomic mass is 32.2.